The molecule has 1 aliphatic carbocycles. The zero-order valence-corrected chi connectivity index (χ0v) is 12.1. The summed E-state index contributed by atoms with van der Waals surface area (Å²) in [6, 6.07) is 1.47. The minimum atomic E-state index is -0.367. The van der Waals surface area contributed by atoms with E-state index in [0.717, 1.165) is 23.4 Å². The van der Waals surface area contributed by atoms with Crippen molar-refractivity contribution < 1.29 is 14.7 Å². The van der Waals surface area contributed by atoms with E-state index in [2.05, 4.69) is 10.1 Å². The zero-order chi connectivity index (χ0) is 15.4. The van der Waals surface area contributed by atoms with Crippen LogP contribution in [0.25, 0.3) is 5.65 Å². The van der Waals surface area contributed by atoms with Crippen LogP contribution in [0, 0.1) is 0 Å². The Balaban J connectivity index is 1.89. The standard InChI is InChI=1S/C14H15N5O3/c1-17-12(21)6-18(14(17)22)11-4-10(8-2-3-8)16-19-5-9(7-20)15-13(11)19/h4-5,8,20H,2-3,6-7H2,1H3. The van der Waals surface area contributed by atoms with Gasteiger partial charge in [0.2, 0.25) is 5.91 Å². The summed E-state index contributed by atoms with van der Waals surface area (Å²) in [4.78, 5) is 30.9. The third-order valence-electron chi connectivity index (χ3n) is 4.11. The van der Waals surface area contributed by atoms with Gasteiger partial charge in [-0.15, -0.1) is 0 Å². The van der Waals surface area contributed by atoms with Crippen molar-refractivity contribution in [3.8, 4) is 0 Å². The van der Waals surface area contributed by atoms with Gasteiger partial charge in [-0.05, 0) is 18.9 Å². The Bertz CT molecular complexity index is 795. The molecule has 1 saturated carbocycles. The highest BCUT2D eigenvalue weighted by molar-refractivity contribution is 6.13. The second-order valence-electron chi connectivity index (χ2n) is 5.71. The van der Waals surface area contributed by atoms with Crippen LogP contribution < -0.4 is 4.90 Å². The number of hydrogen-bond donors (Lipinski definition) is 1. The molecule has 1 aliphatic heterocycles. The molecule has 4 rings (SSSR count). The van der Waals surface area contributed by atoms with Crippen LogP contribution in [0.1, 0.15) is 30.1 Å². The van der Waals surface area contributed by atoms with Gasteiger partial charge in [0.05, 0.1) is 29.9 Å². The van der Waals surface area contributed by atoms with Gasteiger partial charge in [-0.1, -0.05) is 0 Å². The largest absolute Gasteiger partial charge is 0.390 e. The Morgan fingerprint density at radius 3 is 2.73 bits per heavy atom. The van der Waals surface area contributed by atoms with Crippen molar-refractivity contribution in [2.45, 2.75) is 25.4 Å². The van der Waals surface area contributed by atoms with Gasteiger partial charge in [0.15, 0.2) is 5.65 Å². The molecule has 1 N–H and O–H groups in total. The fraction of sp³-hybridized carbons (Fsp3) is 0.429. The molecule has 8 nitrogen and oxygen atoms in total. The van der Waals surface area contributed by atoms with E-state index < -0.39 is 0 Å². The highest BCUT2D eigenvalue weighted by atomic mass is 16.3. The highest BCUT2D eigenvalue weighted by Gasteiger charge is 2.37. The molecule has 2 aliphatic rings. The van der Waals surface area contributed by atoms with Crippen molar-refractivity contribution in [3.63, 3.8) is 0 Å². The Kier molecular flexibility index (Phi) is 2.70. The first kappa shape index (κ1) is 13.2. The van der Waals surface area contributed by atoms with Gasteiger partial charge >= 0.3 is 6.03 Å². The monoisotopic (exact) mass is 301 g/mol. The van der Waals surface area contributed by atoms with E-state index >= 15 is 0 Å². The lowest BCUT2D eigenvalue weighted by molar-refractivity contribution is -0.123. The molecule has 22 heavy (non-hydrogen) atoms. The van der Waals surface area contributed by atoms with Crippen LogP contribution in [-0.2, 0) is 11.4 Å². The van der Waals surface area contributed by atoms with Gasteiger partial charge in [0.1, 0.15) is 6.54 Å². The van der Waals surface area contributed by atoms with Crippen molar-refractivity contribution >= 4 is 23.3 Å². The van der Waals surface area contributed by atoms with Crippen LogP contribution in [0.5, 0.6) is 0 Å². The van der Waals surface area contributed by atoms with Crippen molar-refractivity contribution in [3.05, 3.63) is 23.7 Å². The number of anilines is 1. The number of imidazole rings is 1. The molecule has 0 unspecified atom stereocenters. The van der Waals surface area contributed by atoms with Crippen molar-refractivity contribution in [1.82, 2.24) is 19.5 Å². The summed E-state index contributed by atoms with van der Waals surface area (Å²) in [5.74, 6) is 0.149. The Labute approximate surface area is 126 Å². The molecule has 0 aromatic carbocycles. The SMILES string of the molecule is CN1C(=O)CN(c2cc(C3CC3)nn3cc(CO)nc23)C1=O. The first-order valence-electron chi connectivity index (χ1n) is 7.16. The lowest BCUT2D eigenvalue weighted by Crippen LogP contribution is -2.30. The van der Waals surface area contributed by atoms with Gasteiger partial charge in [-0.2, -0.15) is 5.10 Å². The number of rotatable bonds is 3. The summed E-state index contributed by atoms with van der Waals surface area (Å²) in [7, 11) is 1.47. The summed E-state index contributed by atoms with van der Waals surface area (Å²) in [5.41, 5.74) is 2.41. The number of hydrogen-bond acceptors (Lipinski definition) is 5. The average molecular weight is 301 g/mol. The Morgan fingerprint density at radius 1 is 1.36 bits per heavy atom. The highest BCUT2D eigenvalue weighted by Crippen LogP contribution is 2.40. The molecular formula is C14H15N5O3. The summed E-state index contributed by atoms with van der Waals surface area (Å²) in [6.45, 7) is -0.200. The van der Waals surface area contributed by atoms with Crippen LogP contribution in [0.15, 0.2) is 12.3 Å². The summed E-state index contributed by atoms with van der Waals surface area (Å²) in [5, 5.41) is 13.8. The van der Waals surface area contributed by atoms with Crippen LogP contribution in [0.2, 0.25) is 0 Å². The molecule has 114 valence electrons. The molecular weight excluding hydrogens is 286 g/mol. The second-order valence-corrected chi connectivity index (χ2v) is 5.71. The lowest BCUT2D eigenvalue weighted by atomic mass is 10.2. The fourth-order valence-corrected chi connectivity index (χ4v) is 2.67. The summed E-state index contributed by atoms with van der Waals surface area (Å²) >= 11 is 0. The zero-order valence-electron chi connectivity index (χ0n) is 12.1. The number of aromatic nitrogens is 3. The summed E-state index contributed by atoms with van der Waals surface area (Å²) in [6.07, 6.45) is 3.80. The maximum absolute atomic E-state index is 12.3. The third kappa shape index (κ3) is 1.87. The van der Waals surface area contributed by atoms with Gasteiger partial charge < -0.3 is 5.11 Å². The lowest BCUT2D eigenvalue weighted by Gasteiger charge is -2.16. The molecule has 2 fully saturated rings. The van der Waals surface area contributed by atoms with Crippen LogP contribution in [-0.4, -0.2) is 50.1 Å². The number of aliphatic hydroxyl groups excluding tert-OH is 1. The number of urea groups is 1. The van der Waals surface area contributed by atoms with Crippen molar-refractivity contribution in [2.24, 2.45) is 0 Å². The van der Waals surface area contributed by atoms with E-state index in [1.54, 1.807) is 10.7 Å². The van der Waals surface area contributed by atoms with Crippen LogP contribution >= 0.6 is 0 Å². The predicted molar refractivity (Wildman–Crippen MR) is 76.4 cm³/mol. The number of aliphatic hydroxyl groups is 1. The molecule has 1 saturated heterocycles. The smallest absolute Gasteiger partial charge is 0.331 e. The van der Waals surface area contributed by atoms with E-state index in [-0.39, 0.29) is 25.1 Å². The Hall–Kier alpha value is -2.48. The minimum Gasteiger partial charge on any atom is -0.390 e. The van der Waals surface area contributed by atoms with E-state index in [9.17, 15) is 14.7 Å². The van der Waals surface area contributed by atoms with Crippen molar-refractivity contribution in [2.75, 3.05) is 18.5 Å². The molecule has 0 spiro atoms. The second kappa shape index (κ2) is 4.51. The van der Waals surface area contributed by atoms with Crippen molar-refractivity contribution in [1.29, 1.82) is 0 Å². The topological polar surface area (TPSA) is 91.0 Å². The van der Waals surface area contributed by atoms with Crippen LogP contribution in [0.4, 0.5) is 10.5 Å². The molecule has 3 heterocycles. The molecule has 8 heteroatoms. The number of amides is 3. The molecule has 2 aromatic rings. The van der Waals surface area contributed by atoms with Gasteiger partial charge in [-0.25, -0.2) is 14.3 Å². The van der Waals surface area contributed by atoms with Gasteiger partial charge in [-0.3, -0.25) is 14.6 Å². The quantitative estimate of drug-likeness (QED) is 0.834. The molecule has 0 radical (unpaired) electrons. The maximum atomic E-state index is 12.3. The first-order valence-corrected chi connectivity index (χ1v) is 7.16. The Morgan fingerprint density at radius 2 is 2.14 bits per heavy atom. The normalized spacial score (nSPS) is 18.8. The molecule has 0 atom stereocenters. The average Bonchev–Trinajstić information content (AvgIpc) is 3.23. The molecule has 3 amide bonds. The first-order chi connectivity index (χ1) is 10.6. The number of likely N-dealkylation sites (N-methyl/N-ethyl adjacent to an activating group) is 1. The molecule has 0 bridgehead atoms. The van der Waals surface area contributed by atoms with E-state index in [0.29, 0.717) is 22.9 Å². The van der Waals surface area contributed by atoms with E-state index in [1.807, 2.05) is 6.07 Å². The minimum absolute atomic E-state index is 0.000428. The fourth-order valence-electron chi connectivity index (χ4n) is 2.67. The summed E-state index contributed by atoms with van der Waals surface area (Å²) < 4.78 is 1.59. The van der Waals surface area contributed by atoms with Gasteiger partial charge in [0, 0.05) is 13.0 Å². The maximum Gasteiger partial charge on any atom is 0.331 e. The number of fused-ring (bicyclic) bond motifs is 1. The number of nitrogens with zero attached hydrogens (tertiary/aromatic N) is 5. The third-order valence-corrected chi connectivity index (χ3v) is 4.11. The molecule has 2 aromatic heterocycles. The predicted octanol–water partition coefficient (Wildman–Crippen LogP) is 0.497. The van der Waals surface area contributed by atoms with E-state index in [4.69, 9.17) is 0 Å². The number of carbonyl (C=O) groups is 2. The van der Waals surface area contributed by atoms with E-state index in [1.165, 1.54) is 11.9 Å². The number of carbonyl (C=O) groups excluding carboxylic acids is 2. The van der Waals surface area contributed by atoms with Gasteiger partial charge in [0.25, 0.3) is 0 Å². The van der Waals surface area contributed by atoms with Crippen LogP contribution in [0.3, 0.4) is 0 Å². The number of imide groups is 1.